The molecule has 1 fully saturated rings. The molecule has 0 radical (unpaired) electrons. The van der Waals surface area contributed by atoms with E-state index < -0.39 is 0 Å². The van der Waals surface area contributed by atoms with Crippen molar-refractivity contribution >= 4 is 22.4 Å². The van der Waals surface area contributed by atoms with E-state index in [0.29, 0.717) is 0 Å². The van der Waals surface area contributed by atoms with E-state index in [4.69, 9.17) is 5.84 Å². The molecule has 0 aromatic carbocycles. The van der Waals surface area contributed by atoms with Gasteiger partial charge >= 0.3 is 0 Å². The van der Waals surface area contributed by atoms with Crippen LogP contribution in [0.25, 0.3) is 0 Å². The van der Waals surface area contributed by atoms with Gasteiger partial charge in [0.25, 0.3) is 0 Å². The summed E-state index contributed by atoms with van der Waals surface area (Å²) in [6.45, 7) is 6.50. The maximum absolute atomic E-state index is 11.4. The molecule has 1 aromatic heterocycles. The third-order valence-electron chi connectivity index (χ3n) is 3.18. The highest BCUT2D eigenvalue weighted by Gasteiger charge is 2.22. The molecule has 0 spiro atoms. The second kappa shape index (κ2) is 6.12. The fourth-order valence-electron chi connectivity index (χ4n) is 2.11. The minimum atomic E-state index is -0.0997. The number of rotatable bonds is 4. The topological polar surface area (TPSA) is 74.5 Å². The lowest BCUT2D eigenvalue weighted by Crippen LogP contribution is -2.49. The molecule has 2 rings (SSSR count). The molecular weight excluding hydrogens is 250 g/mol. The van der Waals surface area contributed by atoms with Crippen molar-refractivity contribution in [3.63, 3.8) is 0 Å². The van der Waals surface area contributed by atoms with Crippen molar-refractivity contribution < 1.29 is 4.79 Å². The number of carbonyl (C=O) groups is 1. The number of carbonyl (C=O) groups excluding carboxylic acids is 1. The van der Waals surface area contributed by atoms with E-state index in [9.17, 15) is 4.79 Å². The van der Waals surface area contributed by atoms with Crippen LogP contribution in [0.5, 0.6) is 0 Å². The fraction of sp³-hybridized carbons (Fsp3) is 0.636. The molecule has 0 aliphatic carbocycles. The highest BCUT2D eigenvalue weighted by atomic mass is 32.1. The van der Waals surface area contributed by atoms with Gasteiger partial charge in [-0.25, -0.2) is 10.8 Å². The van der Waals surface area contributed by atoms with E-state index in [1.807, 2.05) is 18.5 Å². The molecule has 100 valence electrons. The summed E-state index contributed by atoms with van der Waals surface area (Å²) in [6, 6.07) is 0. The van der Waals surface area contributed by atoms with E-state index >= 15 is 0 Å². The number of hydrazine groups is 1. The summed E-state index contributed by atoms with van der Waals surface area (Å²) in [6.07, 6.45) is 1.83. The normalized spacial score (nSPS) is 18.7. The van der Waals surface area contributed by atoms with E-state index in [0.717, 1.165) is 37.9 Å². The number of nitrogens with two attached hydrogens (primary N) is 1. The second-order valence-corrected chi connectivity index (χ2v) is 5.38. The molecule has 1 amide bonds. The Kier molecular flexibility index (Phi) is 4.51. The van der Waals surface area contributed by atoms with Gasteiger partial charge in [-0.2, -0.15) is 0 Å². The lowest BCUT2D eigenvalue weighted by Gasteiger charge is -2.35. The summed E-state index contributed by atoms with van der Waals surface area (Å²) in [4.78, 5) is 20.2. The maximum Gasteiger partial charge on any atom is 0.237 e. The first kappa shape index (κ1) is 13.3. The van der Waals surface area contributed by atoms with Crippen LogP contribution in [0.2, 0.25) is 0 Å². The molecule has 1 aliphatic heterocycles. The average Bonchev–Trinajstić information content (AvgIpc) is 2.92. The molecule has 18 heavy (non-hydrogen) atoms. The number of piperazine rings is 1. The Labute approximate surface area is 111 Å². The molecule has 1 aliphatic rings. The van der Waals surface area contributed by atoms with Crippen molar-refractivity contribution in [3.8, 4) is 0 Å². The molecule has 2 heterocycles. The first-order valence-electron chi connectivity index (χ1n) is 6.08. The minimum absolute atomic E-state index is 0.0681. The Morgan fingerprint density at radius 1 is 1.56 bits per heavy atom. The van der Waals surface area contributed by atoms with Crippen molar-refractivity contribution in [2.45, 2.75) is 6.92 Å². The number of nitrogens with one attached hydrogen (secondary N) is 1. The summed E-state index contributed by atoms with van der Waals surface area (Å²) in [5.74, 6) is 4.96. The Morgan fingerprint density at radius 2 is 2.28 bits per heavy atom. The quantitative estimate of drug-likeness (QED) is 0.453. The van der Waals surface area contributed by atoms with Gasteiger partial charge in [0.1, 0.15) is 0 Å². The number of thiazole rings is 1. The third kappa shape index (κ3) is 3.18. The highest BCUT2D eigenvalue weighted by Crippen LogP contribution is 2.19. The van der Waals surface area contributed by atoms with Gasteiger partial charge in [-0.3, -0.25) is 15.1 Å². The molecular formula is C11H19N5OS. The zero-order valence-corrected chi connectivity index (χ0v) is 11.3. The number of hydrogen-bond acceptors (Lipinski definition) is 6. The van der Waals surface area contributed by atoms with E-state index in [2.05, 4.69) is 20.2 Å². The number of aromatic nitrogens is 1. The molecule has 1 aromatic rings. The second-order valence-electron chi connectivity index (χ2n) is 4.51. The van der Waals surface area contributed by atoms with Gasteiger partial charge in [0.15, 0.2) is 5.13 Å². The van der Waals surface area contributed by atoms with Gasteiger partial charge in [-0.05, 0) is 0 Å². The van der Waals surface area contributed by atoms with Crippen LogP contribution in [0.1, 0.15) is 6.92 Å². The summed E-state index contributed by atoms with van der Waals surface area (Å²) in [5.41, 5.74) is 2.20. The first-order chi connectivity index (χ1) is 8.70. The van der Waals surface area contributed by atoms with Crippen molar-refractivity contribution in [1.29, 1.82) is 0 Å². The van der Waals surface area contributed by atoms with Crippen LogP contribution < -0.4 is 16.2 Å². The van der Waals surface area contributed by atoms with Crippen LogP contribution in [0.4, 0.5) is 5.13 Å². The maximum atomic E-state index is 11.4. The molecule has 6 nitrogen and oxygen atoms in total. The van der Waals surface area contributed by atoms with Crippen LogP contribution in [0, 0.1) is 5.92 Å². The Bertz CT molecular complexity index is 375. The van der Waals surface area contributed by atoms with Crippen LogP contribution in [-0.2, 0) is 4.79 Å². The smallest absolute Gasteiger partial charge is 0.237 e. The number of hydrogen-bond donors (Lipinski definition) is 2. The standard InChI is InChI=1S/C11H19N5OS/c1-9(10(17)14-12)8-15-3-5-16(6-4-15)11-13-2-7-18-11/h2,7,9H,3-6,8,12H2,1H3,(H,14,17). The van der Waals surface area contributed by atoms with Crippen LogP contribution in [0.15, 0.2) is 11.6 Å². The number of nitrogens with zero attached hydrogens (tertiary/aromatic N) is 3. The van der Waals surface area contributed by atoms with Gasteiger partial charge in [0.2, 0.25) is 5.91 Å². The lowest BCUT2D eigenvalue weighted by molar-refractivity contribution is -0.125. The molecule has 0 bridgehead atoms. The van der Waals surface area contributed by atoms with E-state index in [1.165, 1.54) is 0 Å². The minimum Gasteiger partial charge on any atom is -0.346 e. The largest absolute Gasteiger partial charge is 0.346 e. The number of amides is 1. The van der Waals surface area contributed by atoms with Gasteiger partial charge < -0.3 is 4.90 Å². The van der Waals surface area contributed by atoms with Crippen molar-refractivity contribution in [1.82, 2.24) is 15.3 Å². The first-order valence-corrected chi connectivity index (χ1v) is 6.96. The molecule has 0 saturated carbocycles. The third-order valence-corrected chi connectivity index (χ3v) is 4.02. The van der Waals surface area contributed by atoms with Crippen LogP contribution in [0.3, 0.4) is 0 Å². The van der Waals surface area contributed by atoms with Gasteiger partial charge in [0, 0.05) is 50.2 Å². The lowest BCUT2D eigenvalue weighted by atomic mass is 10.1. The summed E-state index contributed by atoms with van der Waals surface area (Å²) < 4.78 is 0. The molecule has 1 unspecified atom stereocenters. The molecule has 1 atom stereocenters. The summed E-state index contributed by atoms with van der Waals surface area (Å²) in [7, 11) is 0. The Hall–Kier alpha value is -1.18. The zero-order valence-electron chi connectivity index (χ0n) is 10.5. The predicted molar refractivity (Wildman–Crippen MR) is 72.3 cm³/mol. The Morgan fingerprint density at radius 3 is 2.83 bits per heavy atom. The van der Waals surface area contributed by atoms with Crippen molar-refractivity contribution in [2.24, 2.45) is 11.8 Å². The number of anilines is 1. The SMILES string of the molecule is CC(CN1CCN(c2nccs2)CC1)C(=O)NN. The zero-order chi connectivity index (χ0) is 13.0. The highest BCUT2D eigenvalue weighted by molar-refractivity contribution is 7.13. The van der Waals surface area contributed by atoms with Crippen LogP contribution >= 0.6 is 11.3 Å². The summed E-state index contributed by atoms with van der Waals surface area (Å²) in [5, 5.41) is 3.08. The van der Waals surface area contributed by atoms with E-state index in [-0.39, 0.29) is 11.8 Å². The van der Waals surface area contributed by atoms with Gasteiger partial charge in [-0.1, -0.05) is 6.92 Å². The average molecular weight is 269 g/mol. The van der Waals surface area contributed by atoms with Gasteiger partial charge in [0.05, 0.1) is 0 Å². The fourth-order valence-corrected chi connectivity index (χ4v) is 2.80. The van der Waals surface area contributed by atoms with Crippen molar-refractivity contribution in [2.75, 3.05) is 37.6 Å². The Balaban J connectivity index is 1.78. The monoisotopic (exact) mass is 269 g/mol. The van der Waals surface area contributed by atoms with E-state index in [1.54, 1.807) is 11.3 Å². The summed E-state index contributed by atoms with van der Waals surface area (Å²) >= 11 is 1.67. The molecule has 7 heteroatoms. The van der Waals surface area contributed by atoms with Crippen LogP contribution in [-0.4, -0.2) is 48.5 Å². The molecule has 1 saturated heterocycles. The molecule has 3 N–H and O–H groups in total. The van der Waals surface area contributed by atoms with Gasteiger partial charge in [-0.15, -0.1) is 11.3 Å². The van der Waals surface area contributed by atoms with Crippen molar-refractivity contribution in [3.05, 3.63) is 11.6 Å². The predicted octanol–water partition coefficient (Wildman–Crippen LogP) is -0.109.